The number of nitrogens with one attached hydrogen (secondary N) is 1. The Morgan fingerprint density at radius 2 is 1.61 bits per heavy atom. The third kappa shape index (κ3) is 5.29. The van der Waals surface area contributed by atoms with Crippen LogP contribution >= 0.6 is 23.2 Å². The highest BCUT2D eigenvalue weighted by Gasteiger charge is 2.35. The number of anilines is 2. The van der Waals surface area contributed by atoms with Crippen LogP contribution in [0.25, 0.3) is 5.69 Å². The predicted octanol–water partition coefficient (Wildman–Crippen LogP) is 5.65. The molecule has 0 saturated carbocycles. The third-order valence-electron chi connectivity index (χ3n) is 8.74. The van der Waals surface area contributed by atoms with Crippen LogP contribution in [0.4, 0.5) is 11.4 Å². The summed E-state index contributed by atoms with van der Waals surface area (Å²) in [6.45, 7) is 4.89. The van der Waals surface area contributed by atoms with Gasteiger partial charge in [-0.3, -0.25) is 19.0 Å². The topological polar surface area (TPSA) is 96.7 Å². The molecule has 2 aliphatic heterocycles. The molecule has 4 aromatic rings. The Morgan fingerprint density at radius 3 is 2.32 bits per heavy atom. The Morgan fingerprint density at radius 1 is 0.955 bits per heavy atom. The summed E-state index contributed by atoms with van der Waals surface area (Å²) in [5.74, 6) is -0.362. The van der Waals surface area contributed by atoms with Gasteiger partial charge in [0.05, 0.1) is 27.0 Å². The van der Waals surface area contributed by atoms with Gasteiger partial charge in [0.1, 0.15) is 10.6 Å². The highest BCUT2D eigenvalue weighted by atomic mass is 35.5. The van der Waals surface area contributed by atoms with Gasteiger partial charge >= 0.3 is 0 Å². The number of sulfonamides is 1. The first-order valence-corrected chi connectivity index (χ1v) is 16.7. The fourth-order valence-electron chi connectivity index (χ4n) is 6.44. The molecule has 1 saturated heterocycles. The molecule has 12 heteroatoms. The molecule has 6 rings (SSSR count). The van der Waals surface area contributed by atoms with Crippen molar-refractivity contribution in [2.45, 2.75) is 50.1 Å². The number of fused-ring (bicyclic) bond motifs is 1. The zero-order chi connectivity index (χ0) is 31.3. The summed E-state index contributed by atoms with van der Waals surface area (Å²) < 4.78 is 32.6. The number of carbonyl (C=O) groups is 1. The number of nitrogens with zero attached hydrogens (tertiary/aromatic N) is 4. The molecule has 1 aromatic heterocycles. The van der Waals surface area contributed by atoms with E-state index in [0.29, 0.717) is 36.6 Å². The average molecular weight is 655 g/mol. The number of piperidine rings is 1. The van der Waals surface area contributed by atoms with Gasteiger partial charge in [-0.25, -0.2) is 13.1 Å². The fraction of sp³-hybridized carbons (Fsp3) is 0.312. The van der Waals surface area contributed by atoms with Crippen LogP contribution in [-0.2, 0) is 23.5 Å². The minimum absolute atomic E-state index is 0.0428. The van der Waals surface area contributed by atoms with Crippen LogP contribution in [0, 0.1) is 6.92 Å². The van der Waals surface area contributed by atoms with E-state index in [1.54, 1.807) is 47.8 Å². The van der Waals surface area contributed by atoms with Gasteiger partial charge in [0.15, 0.2) is 0 Å². The number of para-hydroxylation sites is 2. The molecular weight excluding hydrogens is 621 g/mol. The van der Waals surface area contributed by atoms with Crippen molar-refractivity contribution < 1.29 is 13.2 Å². The number of hydrogen-bond donors (Lipinski definition) is 1. The van der Waals surface area contributed by atoms with Gasteiger partial charge in [0.25, 0.3) is 21.5 Å². The molecule has 1 unspecified atom stereocenters. The van der Waals surface area contributed by atoms with E-state index in [4.69, 9.17) is 23.2 Å². The van der Waals surface area contributed by atoms with Crippen LogP contribution in [0.1, 0.15) is 41.4 Å². The Kier molecular flexibility index (Phi) is 8.02. The lowest BCUT2D eigenvalue weighted by Gasteiger charge is -2.40. The van der Waals surface area contributed by atoms with E-state index in [-0.39, 0.29) is 32.1 Å². The van der Waals surface area contributed by atoms with Gasteiger partial charge < -0.3 is 9.80 Å². The van der Waals surface area contributed by atoms with E-state index < -0.39 is 15.6 Å². The Hall–Kier alpha value is -3.73. The summed E-state index contributed by atoms with van der Waals surface area (Å²) in [6.07, 6.45) is 2.57. The van der Waals surface area contributed by atoms with Gasteiger partial charge in [0, 0.05) is 37.9 Å². The second-order valence-electron chi connectivity index (χ2n) is 11.4. The zero-order valence-electron chi connectivity index (χ0n) is 24.6. The van der Waals surface area contributed by atoms with Crippen molar-refractivity contribution in [1.29, 1.82) is 0 Å². The zero-order valence-corrected chi connectivity index (χ0v) is 27.0. The fourth-order valence-corrected chi connectivity index (χ4v) is 8.41. The quantitative estimate of drug-likeness (QED) is 0.290. The number of hydrogen-bond acceptors (Lipinski definition) is 5. The maximum absolute atomic E-state index is 13.7. The maximum atomic E-state index is 13.7. The van der Waals surface area contributed by atoms with Gasteiger partial charge in [-0.2, -0.15) is 0 Å². The van der Waals surface area contributed by atoms with Crippen molar-refractivity contribution in [2.75, 3.05) is 22.7 Å². The van der Waals surface area contributed by atoms with Crippen molar-refractivity contribution in [3.8, 4) is 5.69 Å². The molecule has 0 bridgehead atoms. The van der Waals surface area contributed by atoms with Crippen molar-refractivity contribution in [1.82, 2.24) is 14.3 Å². The Labute approximate surface area is 266 Å². The monoisotopic (exact) mass is 653 g/mol. The number of carbonyl (C=O) groups excluding carboxylic acids is 1. The second kappa shape index (κ2) is 11.6. The molecule has 1 N–H and O–H groups in total. The molecule has 44 heavy (non-hydrogen) atoms. The average Bonchev–Trinajstić information content (AvgIpc) is 3.44. The number of rotatable bonds is 6. The predicted molar refractivity (Wildman–Crippen MR) is 174 cm³/mol. The third-order valence-corrected chi connectivity index (χ3v) is 10.9. The number of halogens is 2. The minimum atomic E-state index is -4.38. The van der Waals surface area contributed by atoms with Crippen molar-refractivity contribution >= 4 is 50.5 Å². The standard InChI is InChI=1S/C32H33Cl2N5O4S/c1-20-17-22-9-7-8-12-28(22)38(20)23-13-15-37(16-14-23)31(40)25-18-29(27(34)19-26(25)33)44(42,43)35-30-21(2)36(3)39(32(30)41)24-10-5-4-6-11-24/h4-12,18-20,23,35H,13-17H2,1-3H3. The normalized spacial score (nSPS) is 17.2. The van der Waals surface area contributed by atoms with E-state index in [1.165, 1.54) is 28.1 Å². The van der Waals surface area contributed by atoms with E-state index in [2.05, 4.69) is 40.8 Å². The van der Waals surface area contributed by atoms with Gasteiger partial charge in [0.2, 0.25) is 0 Å². The van der Waals surface area contributed by atoms with Crippen LogP contribution < -0.4 is 15.2 Å². The first kappa shape index (κ1) is 30.3. The van der Waals surface area contributed by atoms with Crippen LogP contribution in [-0.4, -0.2) is 53.8 Å². The van der Waals surface area contributed by atoms with Crippen LogP contribution in [0.5, 0.6) is 0 Å². The Bertz CT molecular complexity index is 1910. The molecule has 9 nitrogen and oxygen atoms in total. The first-order chi connectivity index (χ1) is 21.0. The number of aromatic nitrogens is 2. The molecule has 0 aliphatic carbocycles. The molecule has 1 atom stereocenters. The highest BCUT2D eigenvalue weighted by molar-refractivity contribution is 7.92. The largest absolute Gasteiger partial charge is 0.365 e. The second-order valence-corrected chi connectivity index (χ2v) is 13.9. The summed E-state index contributed by atoms with van der Waals surface area (Å²) >= 11 is 12.8. The molecule has 1 amide bonds. The lowest BCUT2D eigenvalue weighted by molar-refractivity contribution is 0.0711. The minimum Gasteiger partial charge on any atom is -0.365 e. The molecule has 3 heterocycles. The number of benzene rings is 3. The summed E-state index contributed by atoms with van der Waals surface area (Å²) in [5.41, 5.74) is 2.98. The van der Waals surface area contributed by atoms with Crippen LogP contribution in [0.3, 0.4) is 0 Å². The Balaban J connectivity index is 1.23. The molecular formula is C32H33Cl2N5O4S. The number of likely N-dealkylation sites (tertiary alicyclic amines) is 1. The molecule has 3 aromatic carbocycles. The number of amides is 1. The summed E-state index contributed by atoms with van der Waals surface area (Å²) in [6, 6.07) is 20.5. The summed E-state index contributed by atoms with van der Waals surface area (Å²) in [7, 11) is -2.71. The maximum Gasteiger partial charge on any atom is 0.296 e. The van der Waals surface area contributed by atoms with Crippen molar-refractivity contribution in [2.24, 2.45) is 7.05 Å². The van der Waals surface area contributed by atoms with E-state index >= 15 is 0 Å². The van der Waals surface area contributed by atoms with Gasteiger partial charge in [-0.1, -0.05) is 59.6 Å². The highest BCUT2D eigenvalue weighted by Crippen LogP contribution is 2.37. The van der Waals surface area contributed by atoms with E-state index in [1.807, 2.05) is 6.07 Å². The van der Waals surface area contributed by atoms with Crippen molar-refractivity contribution in [3.05, 3.63) is 104 Å². The van der Waals surface area contributed by atoms with Crippen molar-refractivity contribution in [3.63, 3.8) is 0 Å². The first-order valence-electron chi connectivity index (χ1n) is 14.5. The SMILES string of the molecule is Cc1c(NS(=O)(=O)c2cc(C(=O)N3CCC(N4c5ccccc5CC4C)CC3)c(Cl)cc2Cl)c(=O)n(-c2ccccc2)n1C. The molecule has 230 valence electrons. The molecule has 2 aliphatic rings. The molecule has 0 spiro atoms. The smallest absolute Gasteiger partial charge is 0.296 e. The van der Waals surface area contributed by atoms with Gasteiger partial charge in [-0.05, 0) is 69.0 Å². The van der Waals surface area contributed by atoms with Gasteiger partial charge in [-0.15, -0.1) is 0 Å². The van der Waals surface area contributed by atoms with E-state index in [9.17, 15) is 18.0 Å². The van der Waals surface area contributed by atoms with Crippen LogP contribution in [0.15, 0.2) is 76.4 Å². The summed E-state index contributed by atoms with van der Waals surface area (Å²) in [5, 5.41) is -0.0955. The summed E-state index contributed by atoms with van der Waals surface area (Å²) in [4.78, 5) is 30.9. The lowest BCUT2D eigenvalue weighted by Crippen LogP contribution is -2.48. The molecule has 1 fully saturated rings. The van der Waals surface area contributed by atoms with E-state index in [0.717, 1.165) is 19.3 Å². The molecule has 0 radical (unpaired) electrons. The van der Waals surface area contributed by atoms with Crippen LogP contribution in [0.2, 0.25) is 10.0 Å². The lowest BCUT2D eigenvalue weighted by atomic mass is 10.0.